The average molecular weight is 881 g/mol. The summed E-state index contributed by atoms with van der Waals surface area (Å²) in [6, 6.07) is 95.9. The van der Waals surface area contributed by atoms with Gasteiger partial charge in [-0.3, -0.25) is 0 Å². The first-order valence-electron chi connectivity index (χ1n) is 24.1. The van der Waals surface area contributed by atoms with E-state index in [2.05, 4.69) is 276 Å². The highest BCUT2D eigenvalue weighted by atomic mass is 15.1. The molecule has 2 aliphatic rings. The first-order chi connectivity index (χ1) is 34.3. The number of hydrogen-bond donors (Lipinski definition) is 0. The van der Waals surface area contributed by atoms with E-state index in [1.54, 1.807) is 0 Å². The molecule has 69 heavy (non-hydrogen) atoms. The van der Waals surface area contributed by atoms with Crippen molar-refractivity contribution in [3.05, 3.63) is 300 Å². The maximum atomic E-state index is 2.60. The zero-order valence-corrected chi connectivity index (χ0v) is 38.2. The second kappa shape index (κ2) is 16.9. The maximum absolute atomic E-state index is 2.60. The first kappa shape index (κ1) is 40.5. The van der Waals surface area contributed by atoms with Crippen molar-refractivity contribution in [1.29, 1.82) is 0 Å². The monoisotopic (exact) mass is 880 g/mol. The van der Waals surface area contributed by atoms with Crippen LogP contribution in [0.15, 0.2) is 261 Å². The molecule has 326 valence electrons. The quantitative estimate of drug-likeness (QED) is 0.140. The Labute approximate surface area is 404 Å². The van der Waals surface area contributed by atoms with Crippen LogP contribution in [0.3, 0.4) is 0 Å². The van der Waals surface area contributed by atoms with Crippen LogP contribution in [0.25, 0.3) is 61.6 Å². The van der Waals surface area contributed by atoms with Gasteiger partial charge in [-0.1, -0.05) is 218 Å². The van der Waals surface area contributed by atoms with E-state index in [9.17, 15) is 0 Å². The van der Waals surface area contributed by atoms with Crippen molar-refractivity contribution >= 4 is 39.6 Å². The van der Waals surface area contributed by atoms with Gasteiger partial charge in [-0.15, -0.1) is 0 Å². The number of rotatable bonds is 9. The van der Waals surface area contributed by atoms with Crippen molar-refractivity contribution in [2.75, 3.05) is 4.90 Å². The van der Waals surface area contributed by atoms with Crippen LogP contribution in [0.1, 0.15) is 45.5 Å². The molecule has 0 fully saturated rings. The van der Waals surface area contributed by atoms with E-state index in [1.165, 1.54) is 94.6 Å². The first-order valence-corrected chi connectivity index (χ1v) is 24.1. The molecule has 1 heterocycles. The molecular formula is C67H48N2. The van der Waals surface area contributed by atoms with Crippen LogP contribution in [0, 0.1) is 0 Å². The van der Waals surface area contributed by atoms with E-state index in [-0.39, 0.29) is 0 Å². The number of benzene rings is 10. The third-order valence-electron chi connectivity index (χ3n) is 14.6. The summed E-state index contributed by atoms with van der Waals surface area (Å²) < 4.78 is 2.60. The SMILES string of the molecule is C1=C(c2ccccc2-c2ccccc2N(c2ccccc2)c2cccc(-c3ccccc3)c2)CCc2c1n(-c1cccc3c1C(c1ccccc1)(c1ccccc1)c1ccccc1-3)c1ccccc21. The number of anilines is 3. The number of nitrogens with zero attached hydrogens (tertiary/aromatic N) is 2. The Balaban J connectivity index is 1.02. The molecule has 0 spiro atoms. The molecule has 0 atom stereocenters. The second-order valence-electron chi connectivity index (χ2n) is 18.3. The van der Waals surface area contributed by atoms with E-state index >= 15 is 0 Å². The molecule has 0 saturated heterocycles. The zero-order chi connectivity index (χ0) is 45.7. The van der Waals surface area contributed by atoms with Gasteiger partial charge in [0.25, 0.3) is 0 Å². The minimum Gasteiger partial charge on any atom is -0.310 e. The van der Waals surface area contributed by atoms with Crippen LogP contribution >= 0.6 is 0 Å². The molecule has 2 heteroatoms. The average Bonchev–Trinajstić information content (AvgIpc) is 3.93. The van der Waals surface area contributed by atoms with E-state index in [0.29, 0.717) is 0 Å². The van der Waals surface area contributed by atoms with Gasteiger partial charge in [0, 0.05) is 27.9 Å². The Morgan fingerprint density at radius 2 is 0.942 bits per heavy atom. The lowest BCUT2D eigenvalue weighted by Gasteiger charge is -2.35. The number of hydrogen-bond acceptors (Lipinski definition) is 1. The van der Waals surface area contributed by atoms with Gasteiger partial charge < -0.3 is 9.47 Å². The summed E-state index contributed by atoms with van der Waals surface area (Å²) >= 11 is 0. The summed E-state index contributed by atoms with van der Waals surface area (Å²) in [5.74, 6) is 0. The molecule has 0 N–H and O–H groups in total. The summed E-state index contributed by atoms with van der Waals surface area (Å²) in [4.78, 5) is 2.42. The highest BCUT2D eigenvalue weighted by Crippen LogP contribution is 2.58. The third-order valence-corrected chi connectivity index (χ3v) is 14.6. The van der Waals surface area contributed by atoms with Crippen LogP contribution in [-0.2, 0) is 11.8 Å². The van der Waals surface area contributed by atoms with E-state index in [0.717, 1.165) is 29.9 Å². The van der Waals surface area contributed by atoms with Crippen molar-refractivity contribution in [3.63, 3.8) is 0 Å². The Kier molecular flexibility index (Phi) is 9.91. The molecule has 2 nitrogen and oxygen atoms in total. The molecule has 0 radical (unpaired) electrons. The predicted octanol–water partition coefficient (Wildman–Crippen LogP) is 17.3. The third kappa shape index (κ3) is 6.55. The van der Waals surface area contributed by atoms with Crippen molar-refractivity contribution < 1.29 is 0 Å². The van der Waals surface area contributed by atoms with Gasteiger partial charge in [0.15, 0.2) is 0 Å². The number of para-hydroxylation sites is 3. The molecule has 11 aromatic rings. The van der Waals surface area contributed by atoms with Gasteiger partial charge in [0.1, 0.15) is 0 Å². The molecule has 2 aliphatic carbocycles. The van der Waals surface area contributed by atoms with Gasteiger partial charge in [-0.05, 0) is 123 Å². The van der Waals surface area contributed by atoms with E-state index in [4.69, 9.17) is 0 Å². The van der Waals surface area contributed by atoms with Gasteiger partial charge in [-0.25, -0.2) is 0 Å². The zero-order valence-electron chi connectivity index (χ0n) is 38.2. The van der Waals surface area contributed by atoms with Crippen LogP contribution in [0.2, 0.25) is 0 Å². The smallest absolute Gasteiger partial charge is 0.0734 e. The number of allylic oxidation sites excluding steroid dienone is 1. The van der Waals surface area contributed by atoms with Crippen LogP contribution in [0.5, 0.6) is 0 Å². The Morgan fingerprint density at radius 1 is 0.391 bits per heavy atom. The Hall–Kier alpha value is -8.72. The van der Waals surface area contributed by atoms with Gasteiger partial charge in [0.05, 0.1) is 28.0 Å². The summed E-state index contributed by atoms with van der Waals surface area (Å²) in [6.07, 6.45) is 4.38. The van der Waals surface area contributed by atoms with Crippen LogP contribution < -0.4 is 4.90 Å². The summed E-state index contributed by atoms with van der Waals surface area (Å²) in [5.41, 5.74) is 23.0. The minimum atomic E-state index is -0.550. The van der Waals surface area contributed by atoms with Crippen molar-refractivity contribution in [2.24, 2.45) is 0 Å². The lowest BCUT2D eigenvalue weighted by molar-refractivity contribution is 0.759. The highest BCUT2D eigenvalue weighted by Gasteiger charge is 2.48. The fourth-order valence-corrected chi connectivity index (χ4v) is 11.7. The summed E-state index contributed by atoms with van der Waals surface area (Å²) in [5, 5.41) is 1.32. The molecule has 0 aliphatic heterocycles. The summed E-state index contributed by atoms with van der Waals surface area (Å²) in [6.45, 7) is 0. The Morgan fingerprint density at radius 3 is 1.70 bits per heavy atom. The highest BCUT2D eigenvalue weighted by molar-refractivity contribution is 6.01. The second-order valence-corrected chi connectivity index (χ2v) is 18.3. The maximum Gasteiger partial charge on any atom is 0.0734 e. The number of aromatic nitrogens is 1. The molecule has 0 saturated carbocycles. The molecular weight excluding hydrogens is 833 g/mol. The molecule has 1 aromatic heterocycles. The topological polar surface area (TPSA) is 8.17 Å². The molecule has 0 unspecified atom stereocenters. The van der Waals surface area contributed by atoms with Crippen LogP contribution in [0.4, 0.5) is 17.1 Å². The fraction of sp³-hybridized carbons (Fsp3) is 0.0448. The standard InChI is InChI=1S/C67H48N2/c1-5-23-47(24-6-1)48-25-21-32-53(45-48)68(52-30-11-4-12-31-52)62-40-19-16-36-57(62)55-34-14-13-33-54(55)49-43-44-59-58-37-17-20-41-63(58)69(65(59)46-49)64-42-22-38-60-56-35-15-18-39-61(56)67(66(60)64,50-26-7-2-8-27-50)51-28-9-3-10-29-51/h1-42,45-46H,43-44H2. The van der Waals surface area contributed by atoms with Crippen molar-refractivity contribution in [2.45, 2.75) is 18.3 Å². The lowest BCUT2D eigenvalue weighted by Crippen LogP contribution is -2.30. The van der Waals surface area contributed by atoms with Gasteiger partial charge >= 0.3 is 0 Å². The molecule has 10 aromatic carbocycles. The van der Waals surface area contributed by atoms with Gasteiger partial charge in [0.2, 0.25) is 0 Å². The van der Waals surface area contributed by atoms with E-state index < -0.39 is 5.41 Å². The van der Waals surface area contributed by atoms with Gasteiger partial charge in [-0.2, -0.15) is 0 Å². The summed E-state index contributed by atoms with van der Waals surface area (Å²) in [7, 11) is 0. The normalized spacial score (nSPS) is 13.3. The fourth-order valence-electron chi connectivity index (χ4n) is 11.7. The molecule has 0 amide bonds. The number of fused-ring (bicyclic) bond motifs is 6. The largest absolute Gasteiger partial charge is 0.310 e. The predicted molar refractivity (Wildman–Crippen MR) is 289 cm³/mol. The molecule has 13 rings (SSSR count). The molecule has 0 bridgehead atoms. The number of aryl methyl sites for hydroxylation is 1. The Bertz CT molecular complexity index is 3680. The lowest BCUT2D eigenvalue weighted by atomic mass is 9.67. The van der Waals surface area contributed by atoms with Crippen molar-refractivity contribution in [3.8, 4) is 39.1 Å². The minimum absolute atomic E-state index is 0.550. The van der Waals surface area contributed by atoms with Crippen LogP contribution in [-0.4, -0.2) is 4.57 Å². The van der Waals surface area contributed by atoms with E-state index in [1.807, 2.05) is 0 Å². The van der Waals surface area contributed by atoms with Crippen molar-refractivity contribution in [1.82, 2.24) is 4.57 Å².